The zero-order valence-electron chi connectivity index (χ0n) is 9.28. The highest BCUT2D eigenvalue weighted by Gasteiger charge is 2.14. The quantitative estimate of drug-likeness (QED) is 0.872. The van der Waals surface area contributed by atoms with Gasteiger partial charge in [0, 0.05) is 0 Å². The lowest BCUT2D eigenvalue weighted by Gasteiger charge is -2.08. The van der Waals surface area contributed by atoms with Crippen molar-refractivity contribution in [3.63, 3.8) is 0 Å². The minimum absolute atomic E-state index is 0.171. The van der Waals surface area contributed by atoms with Crippen LogP contribution in [0.3, 0.4) is 0 Å². The Hall–Kier alpha value is -2.15. The topological polar surface area (TPSA) is 75.1 Å². The second-order valence-corrected chi connectivity index (χ2v) is 4.14. The number of H-pyrrole nitrogens is 1. The van der Waals surface area contributed by atoms with Gasteiger partial charge in [0.2, 0.25) is 11.7 Å². The summed E-state index contributed by atoms with van der Waals surface area (Å²) in [7, 11) is 0. The number of hydrogen-bond donors (Lipinski definition) is 2. The molecule has 0 saturated heterocycles. The number of aromatic nitrogens is 2. The van der Waals surface area contributed by atoms with Crippen LogP contribution in [0.2, 0.25) is 5.02 Å². The van der Waals surface area contributed by atoms with E-state index in [1.807, 2.05) is 0 Å². The van der Waals surface area contributed by atoms with Gasteiger partial charge in [0.15, 0.2) is 0 Å². The molecule has 2 aromatic rings. The summed E-state index contributed by atoms with van der Waals surface area (Å²) in [5.41, 5.74) is -1.93. The third-order valence-electron chi connectivity index (χ3n) is 2.44. The first-order valence-corrected chi connectivity index (χ1v) is 5.43. The van der Waals surface area contributed by atoms with Gasteiger partial charge >= 0.3 is 5.69 Å². The number of hydrogen-bond acceptors (Lipinski definition) is 3. The molecule has 0 atom stereocenters. The summed E-state index contributed by atoms with van der Waals surface area (Å²) in [6.07, 6.45) is 0. The minimum Gasteiger partial charge on any atom is -0.492 e. The molecule has 1 aromatic heterocycles. The van der Waals surface area contributed by atoms with Crippen LogP contribution in [0.15, 0.2) is 27.8 Å². The SMILES string of the molecule is O=c1[nH]c(=O)n(Cc2ccc(F)c(Cl)c2)c(O)c1F. The lowest BCUT2D eigenvalue weighted by Crippen LogP contribution is -2.32. The fraction of sp³-hybridized carbons (Fsp3) is 0.0909. The van der Waals surface area contributed by atoms with Crippen molar-refractivity contribution >= 4 is 11.6 Å². The van der Waals surface area contributed by atoms with Crippen LogP contribution in [0.25, 0.3) is 0 Å². The Morgan fingerprint density at radius 1 is 1.32 bits per heavy atom. The molecule has 0 unspecified atom stereocenters. The maximum atomic E-state index is 13.2. The van der Waals surface area contributed by atoms with Crippen molar-refractivity contribution in [1.82, 2.24) is 9.55 Å². The fourth-order valence-corrected chi connectivity index (χ4v) is 1.71. The number of halogens is 3. The van der Waals surface area contributed by atoms with E-state index in [1.54, 1.807) is 4.98 Å². The third kappa shape index (κ3) is 2.50. The zero-order valence-corrected chi connectivity index (χ0v) is 10.0. The Bertz CT molecular complexity index is 755. The van der Waals surface area contributed by atoms with Gasteiger partial charge in [0.25, 0.3) is 5.56 Å². The summed E-state index contributed by atoms with van der Waals surface area (Å²) < 4.78 is 26.7. The van der Waals surface area contributed by atoms with Crippen LogP contribution in [0.4, 0.5) is 8.78 Å². The van der Waals surface area contributed by atoms with Gasteiger partial charge in [0.1, 0.15) is 5.82 Å². The molecule has 100 valence electrons. The molecule has 0 amide bonds. The second-order valence-electron chi connectivity index (χ2n) is 3.73. The summed E-state index contributed by atoms with van der Waals surface area (Å²) in [4.78, 5) is 24.0. The highest BCUT2D eigenvalue weighted by atomic mass is 35.5. The van der Waals surface area contributed by atoms with Crippen molar-refractivity contribution in [1.29, 1.82) is 0 Å². The highest BCUT2D eigenvalue weighted by molar-refractivity contribution is 6.30. The summed E-state index contributed by atoms with van der Waals surface area (Å²) in [5.74, 6) is -3.20. The van der Waals surface area contributed by atoms with Gasteiger partial charge in [-0.15, -0.1) is 0 Å². The van der Waals surface area contributed by atoms with Crippen molar-refractivity contribution in [2.45, 2.75) is 6.54 Å². The fourth-order valence-electron chi connectivity index (χ4n) is 1.50. The van der Waals surface area contributed by atoms with E-state index < -0.39 is 28.8 Å². The van der Waals surface area contributed by atoms with Gasteiger partial charge in [-0.1, -0.05) is 17.7 Å². The molecule has 0 bridgehead atoms. The molecule has 0 aliphatic rings. The first-order chi connectivity index (χ1) is 8.90. The van der Waals surface area contributed by atoms with Crippen LogP contribution in [-0.2, 0) is 6.54 Å². The highest BCUT2D eigenvalue weighted by Crippen LogP contribution is 2.17. The third-order valence-corrected chi connectivity index (χ3v) is 2.73. The van der Waals surface area contributed by atoms with Gasteiger partial charge < -0.3 is 5.11 Å². The standard InChI is InChI=1S/C11H7ClF2N2O3/c12-6-3-5(1-2-7(6)13)4-16-10(18)8(14)9(17)15-11(16)19/h1-3,18H,4H2,(H,15,17,19). The summed E-state index contributed by atoms with van der Waals surface area (Å²) >= 11 is 5.56. The molecule has 0 spiro atoms. The van der Waals surface area contributed by atoms with Crippen LogP contribution >= 0.6 is 11.6 Å². The molecule has 1 heterocycles. The minimum atomic E-state index is -1.46. The molecular weight excluding hydrogens is 282 g/mol. The molecule has 8 heteroatoms. The second kappa shape index (κ2) is 4.85. The maximum Gasteiger partial charge on any atom is 0.331 e. The molecule has 0 aliphatic heterocycles. The smallest absolute Gasteiger partial charge is 0.331 e. The Kier molecular flexibility index (Phi) is 3.39. The molecule has 0 aliphatic carbocycles. The first-order valence-electron chi connectivity index (χ1n) is 5.05. The van der Waals surface area contributed by atoms with E-state index in [1.165, 1.54) is 12.1 Å². The van der Waals surface area contributed by atoms with Crippen molar-refractivity contribution in [3.8, 4) is 5.88 Å². The average Bonchev–Trinajstić information content (AvgIpc) is 2.36. The van der Waals surface area contributed by atoms with Crippen molar-refractivity contribution in [3.05, 3.63) is 61.3 Å². The van der Waals surface area contributed by atoms with Crippen LogP contribution in [0, 0.1) is 11.6 Å². The van der Waals surface area contributed by atoms with Gasteiger partial charge in [-0.3, -0.25) is 14.3 Å². The van der Waals surface area contributed by atoms with E-state index >= 15 is 0 Å². The number of nitrogens with one attached hydrogen (secondary N) is 1. The first kappa shape index (κ1) is 13.3. The average molecular weight is 289 g/mol. The van der Waals surface area contributed by atoms with Gasteiger partial charge in [-0.05, 0) is 17.7 Å². The summed E-state index contributed by atoms with van der Waals surface area (Å²) in [6, 6.07) is 3.61. The number of aromatic amines is 1. The Morgan fingerprint density at radius 2 is 2.00 bits per heavy atom. The molecule has 5 nitrogen and oxygen atoms in total. The zero-order chi connectivity index (χ0) is 14.2. The lowest BCUT2D eigenvalue weighted by atomic mass is 10.2. The normalized spacial score (nSPS) is 10.7. The number of nitrogens with zero attached hydrogens (tertiary/aromatic N) is 1. The predicted octanol–water partition coefficient (Wildman–Crippen LogP) is 1.22. The molecule has 19 heavy (non-hydrogen) atoms. The molecular formula is C11H7ClF2N2O3. The van der Waals surface area contributed by atoms with E-state index in [2.05, 4.69) is 0 Å². The largest absolute Gasteiger partial charge is 0.492 e. The van der Waals surface area contributed by atoms with Gasteiger partial charge in [0.05, 0.1) is 11.6 Å². The van der Waals surface area contributed by atoms with Crippen LogP contribution in [0.1, 0.15) is 5.56 Å². The molecule has 1 aromatic carbocycles. The van der Waals surface area contributed by atoms with Crippen LogP contribution in [0.5, 0.6) is 5.88 Å². The van der Waals surface area contributed by atoms with E-state index in [0.717, 1.165) is 6.07 Å². The number of rotatable bonds is 2. The molecule has 0 saturated carbocycles. The Morgan fingerprint density at radius 3 is 2.63 bits per heavy atom. The van der Waals surface area contributed by atoms with Gasteiger partial charge in [-0.2, -0.15) is 4.39 Å². The predicted molar refractivity (Wildman–Crippen MR) is 63.5 cm³/mol. The monoisotopic (exact) mass is 288 g/mol. The van der Waals surface area contributed by atoms with E-state index in [4.69, 9.17) is 11.6 Å². The van der Waals surface area contributed by atoms with Crippen molar-refractivity contribution < 1.29 is 13.9 Å². The molecule has 2 rings (SSSR count). The van der Waals surface area contributed by atoms with E-state index in [0.29, 0.717) is 10.1 Å². The summed E-state index contributed by atoms with van der Waals surface area (Å²) in [6.45, 7) is -0.266. The van der Waals surface area contributed by atoms with Crippen molar-refractivity contribution in [2.75, 3.05) is 0 Å². The van der Waals surface area contributed by atoms with Gasteiger partial charge in [-0.25, -0.2) is 9.18 Å². The Labute approximate surface area is 109 Å². The Balaban J connectivity index is 2.49. The van der Waals surface area contributed by atoms with Crippen LogP contribution in [-0.4, -0.2) is 14.7 Å². The van der Waals surface area contributed by atoms with Crippen molar-refractivity contribution in [2.24, 2.45) is 0 Å². The molecule has 2 N–H and O–H groups in total. The molecule has 0 radical (unpaired) electrons. The van der Waals surface area contributed by atoms with Crippen LogP contribution < -0.4 is 11.2 Å². The maximum absolute atomic E-state index is 13.2. The number of benzene rings is 1. The lowest BCUT2D eigenvalue weighted by molar-refractivity contribution is 0.367. The summed E-state index contributed by atoms with van der Waals surface area (Å²) in [5, 5.41) is 9.23. The van der Waals surface area contributed by atoms with E-state index in [9.17, 15) is 23.5 Å². The molecule has 0 fully saturated rings. The van der Waals surface area contributed by atoms with E-state index in [-0.39, 0.29) is 11.6 Å². The number of aromatic hydroxyl groups is 1.